The molecule has 0 atom stereocenters. The first-order valence-corrected chi connectivity index (χ1v) is 11.9. The van der Waals surface area contributed by atoms with Gasteiger partial charge in [-0.15, -0.1) is 0 Å². The minimum atomic E-state index is -0.294. The van der Waals surface area contributed by atoms with Crippen molar-refractivity contribution in [1.82, 2.24) is 0 Å². The second-order valence-electron chi connectivity index (χ2n) is 13.1. The van der Waals surface area contributed by atoms with Gasteiger partial charge in [0.15, 0.2) is 0 Å². The fourth-order valence-corrected chi connectivity index (χ4v) is 3.58. The number of aliphatic imine (C=N–C) groups is 1. The summed E-state index contributed by atoms with van der Waals surface area (Å²) in [6.45, 7) is 25.1. The van der Waals surface area contributed by atoms with Gasteiger partial charge < -0.3 is 20.8 Å². The molecular weight excluding hydrogens is 489 g/mol. The molecule has 0 saturated carbocycles. The quantitative estimate of drug-likeness (QED) is 0.467. The number of nitrogens with zero attached hydrogens (tertiary/aromatic N) is 1. The predicted molar refractivity (Wildman–Crippen MR) is 140 cm³/mol. The standard InChI is InChI=1S/C29H43NO2.CH3O.O.V/c1-26(2,3)19-13-18(24(31)21(14-19)28(7,8)9)17-30-23-16-20(27(4,5)6)15-22(25(23)32)29(10,11)12;1-2;;/h13-17,31-32H,1-12H3;1H3;;/q;-1;-2;/p-2. The van der Waals surface area contributed by atoms with Crippen LogP contribution in [0, 0.1) is 0 Å². The molecule has 0 heterocycles. The molecule has 0 bridgehead atoms. The summed E-state index contributed by atoms with van der Waals surface area (Å²) < 4.78 is 0. The normalized spacial score (nSPS) is 12.4. The van der Waals surface area contributed by atoms with E-state index >= 15 is 0 Å². The third kappa shape index (κ3) is 8.95. The fraction of sp³-hybridized carbons (Fsp3) is 0.567. The van der Waals surface area contributed by atoms with Crippen molar-refractivity contribution in [3.8, 4) is 11.5 Å². The second-order valence-corrected chi connectivity index (χ2v) is 13.1. The Morgan fingerprint density at radius 2 is 0.944 bits per heavy atom. The van der Waals surface area contributed by atoms with E-state index in [1.165, 1.54) is 0 Å². The van der Waals surface area contributed by atoms with Crippen LogP contribution in [0.5, 0.6) is 11.5 Å². The fourth-order valence-electron chi connectivity index (χ4n) is 3.58. The Bertz CT molecular complexity index is 948. The Hall–Kier alpha value is -1.79. The van der Waals surface area contributed by atoms with Crippen molar-refractivity contribution in [2.75, 3.05) is 7.11 Å². The molecule has 5 nitrogen and oxygen atoms in total. The van der Waals surface area contributed by atoms with E-state index in [-0.39, 0.29) is 57.2 Å². The van der Waals surface area contributed by atoms with E-state index in [1.54, 1.807) is 6.21 Å². The molecule has 6 heteroatoms. The van der Waals surface area contributed by atoms with Gasteiger partial charge >= 0.3 is 0 Å². The van der Waals surface area contributed by atoms with Crippen molar-refractivity contribution in [2.24, 2.45) is 4.99 Å². The first-order valence-electron chi connectivity index (χ1n) is 11.9. The average molecular weight is 534 g/mol. The number of hydrogen-bond acceptors (Lipinski definition) is 4. The second kappa shape index (κ2) is 12.6. The molecule has 2 aromatic rings. The Morgan fingerprint density at radius 1 is 0.583 bits per heavy atom. The van der Waals surface area contributed by atoms with Gasteiger partial charge in [0.2, 0.25) is 0 Å². The first-order chi connectivity index (χ1) is 15.2. The van der Waals surface area contributed by atoms with Crippen molar-refractivity contribution in [3.63, 3.8) is 0 Å². The molecule has 2 aromatic carbocycles. The average Bonchev–Trinajstić information content (AvgIpc) is 2.66. The molecule has 0 aliphatic rings. The van der Waals surface area contributed by atoms with Crippen LogP contribution in [0.25, 0.3) is 0 Å². The van der Waals surface area contributed by atoms with Crippen molar-refractivity contribution in [2.45, 2.75) is 105 Å². The molecule has 0 fully saturated rings. The van der Waals surface area contributed by atoms with Crippen LogP contribution < -0.4 is 15.3 Å². The van der Waals surface area contributed by atoms with Gasteiger partial charge in [0.05, 0.1) is 5.69 Å². The van der Waals surface area contributed by atoms with E-state index in [4.69, 9.17) is 5.11 Å². The maximum atomic E-state index is 13.3. The number of benzene rings is 2. The van der Waals surface area contributed by atoms with Gasteiger partial charge in [-0.05, 0) is 55.5 Å². The monoisotopic (exact) mass is 533 g/mol. The van der Waals surface area contributed by atoms with E-state index in [1.807, 2.05) is 45.0 Å². The summed E-state index contributed by atoms with van der Waals surface area (Å²) in [5.41, 5.74) is 3.79. The topological polar surface area (TPSA) is 110 Å². The smallest absolute Gasteiger partial charge is 0.0557 e. The van der Waals surface area contributed by atoms with Crippen molar-refractivity contribution < 1.29 is 39.4 Å². The zero-order chi connectivity index (χ0) is 26.9. The molecule has 0 aliphatic carbocycles. The van der Waals surface area contributed by atoms with Crippen LogP contribution in [0.4, 0.5) is 5.69 Å². The zero-order valence-electron chi connectivity index (χ0n) is 24.4. The van der Waals surface area contributed by atoms with Crippen LogP contribution in [-0.2, 0) is 45.7 Å². The molecule has 0 aliphatic heterocycles. The van der Waals surface area contributed by atoms with E-state index in [9.17, 15) is 10.2 Å². The summed E-state index contributed by atoms with van der Waals surface area (Å²) >= 11 is 0. The maximum absolute atomic E-state index is 13.3. The van der Waals surface area contributed by atoms with Crippen LogP contribution >= 0.6 is 0 Å². The van der Waals surface area contributed by atoms with Gasteiger partial charge in [-0.2, -0.15) is 7.11 Å². The Morgan fingerprint density at radius 3 is 1.31 bits per heavy atom. The maximum Gasteiger partial charge on any atom is 0.0557 e. The Balaban J connectivity index is 0. The summed E-state index contributed by atoms with van der Waals surface area (Å²) in [6, 6.07) is 7.83. The molecule has 0 aromatic heterocycles. The van der Waals surface area contributed by atoms with E-state index in [0.29, 0.717) is 11.3 Å². The van der Waals surface area contributed by atoms with Crippen LogP contribution in [0.1, 0.15) is 111 Å². The predicted octanol–water partition coefficient (Wildman–Crippen LogP) is 5.63. The molecule has 0 saturated heterocycles. The summed E-state index contributed by atoms with van der Waals surface area (Å²) in [5, 5.41) is 34.8. The van der Waals surface area contributed by atoms with Gasteiger partial charge in [-0.3, -0.25) is 4.99 Å². The number of hydrogen-bond donors (Lipinski definition) is 0. The molecular formula is C30H44NO4V-5. The van der Waals surface area contributed by atoms with Crippen molar-refractivity contribution in [1.29, 1.82) is 0 Å². The third-order valence-electron chi connectivity index (χ3n) is 5.88. The Labute approximate surface area is 231 Å². The molecule has 2 rings (SSSR count). The Kier molecular flexibility index (Phi) is 12.8. The van der Waals surface area contributed by atoms with Gasteiger partial charge in [-0.25, -0.2) is 0 Å². The van der Waals surface area contributed by atoms with E-state index in [0.717, 1.165) is 29.4 Å². The third-order valence-corrected chi connectivity index (χ3v) is 5.88. The van der Waals surface area contributed by atoms with Gasteiger partial charge in [0.25, 0.3) is 0 Å². The molecule has 1 radical (unpaired) electrons. The molecule has 0 amide bonds. The van der Waals surface area contributed by atoms with Crippen LogP contribution in [0.2, 0.25) is 0 Å². The summed E-state index contributed by atoms with van der Waals surface area (Å²) in [5.74, 6) is -0.0954. The van der Waals surface area contributed by atoms with Crippen LogP contribution in [-0.4, -0.2) is 13.3 Å². The van der Waals surface area contributed by atoms with E-state index in [2.05, 4.69) is 67.3 Å². The minimum Gasteiger partial charge on any atom is -2.00 e. The SMILES string of the molecule is CC(C)(C)c1cc(C=Nc2cc(C(C)(C)C)cc(C(C)(C)C)c2[O-])c([O-])c(C(C)(C)C)c1.C[O-].[O-2].[V]. The molecule has 0 unspecified atom stereocenters. The molecule has 0 N–H and O–H groups in total. The van der Waals surface area contributed by atoms with E-state index < -0.39 is 0 Å². The van der Waals surface area contributed by atoms with Crippen molar-refractivity contribution in [3.05, 3.63) is 52.1 Å². The summed E-state index contributed by atoms with van der Waals surface area (Å²) in [6.07, 6.45) is 1.59. The summed E-state index contributed by atoms with van der Waals surface area (Å²) in [4.78, 5) is 4.59. The van der Waals surface area contributed by atoms with Gasteiger partial charge in [0, 0.05) is 24.8 Å². The van der Waals surface area contributed by atoms with Crippen molar-refractivity contribution >= 4 is 11.9 Å². The van der Waals surface area contributed by atoms with Crippen LogP contribution in [0.15, 0.2) is 29.3 Å². The first kappa shape index (κ1) is 36.4. The summed E-state index contributed by atoms with van der Waals surface area (Å²) in [7, 11) is 0.750. The number of rotatable bonds is 2. The molecule has 36 heavy (non-hydrogen) atoms. The largest absolute Gasteiger partial charge is 2.00 e. The van der Waals surface area contributed by atoms with Gasteiger partial charge in [0.1, 0.15) is 0 Å². The van der Waals surface area contributed by atoms with Gasteiger partial charge in [-0.1, -0.05) is 113 Å². The zero-order valence-corrected chi connectivity index (χ0v) is 25.8. The molecule has 203 valence electrons. The molecule has 0 spiro atoms. The van der Waals surface area contributed by atoms with Crippen LogP contribution in [0.3, 0.4) is 0 Å². The minimum absolute atomic E-state index is 0.